The van der Waals surface area contributed by atoms with Crippen LogP contribution < -0.4 is 10.0 Å². The van der Waals surface area contributed by atoms with E-state index in [0.717, 1.165) is 5.56 Å². The minimum Gasteiger partial charge on any atom is -0.321 e. The third-order valence-corrected chi connectivity index (χ3v) is 5.46. The van der Waals surface area contributed by atoms with Crippen molar-refractivity contribution in [2.24, 2.45) is 0 Å². The van der Waals surface area contributed by atoms with Gasteiger partial charge in [-0.25, -0.2) is 8.42 Å². The summed E-state index contributed by atoms with van der Waals surface area (Å²) in [5.74, 6) is -0.0739. The maximum absolute atomic E-state index is 12.1. The number of aryl methyl sites for hydroxylation is 1. The van der Waals surface area contributed by atoms with Gasteiger partial charge in [0.05, 0.1) is 10.6 Å². The number of carbonyl (C=O) groups is 1. The third kappa shape index (κ3) is 4.32. The number of nitrogens with one attached hydrogen (secondary N) is 2. The van der Waals surface area contributed by atoms with Crippen LogP contribution in [0.5, 0.6) is 0 Å². The zero-order chi connectivity index (χ0) is 16.2. The van der Waals surface area contributed by atoms with Crippen LogP contribution in [0.4, 0.5) is 11.4 Å². The second kappa shape index (κ2) is 6.93. The van der Waals surface area contributed by atoms with E-state index in [1.54, 1.807) is 24.3 Å². The first-order chi connectivity index (χ1) is 10.4. The highest BCUT2D eigenvalue weighted by molar-refractivity contribution is 7.92. The molecule has 2 aromatic rings. The quantitative estimate of drug-likeness (QED) is 0.847. The van der Waals surface area contributed by atoms with Gasteiger partial charge in [0.2, 0.25) is 10.0 Å². The van der Waals surface area contributed by atoms with Crippen molar-refractivity contribution in [1.29, 1.82) is 0 Å². The number of hydrogen-bond donors (Lipinski definition) is 2. The van der Waals surface area contributed by atoms with Gasteiger partial charge in [0.1, 0.15) is 0 Å². The molecule has 22 heavy (non-hydrogen) atoms. The van der Waals surface area contributed by atoms with Crippen molar-refractivity contribution in [1.82, 2.24) is 0 Å². The monoisotopic (exact) mass is 338 g/mol. The Morgan fingerprint density at radius 1 is 1.14 bits per heavy atom. The fraction of sp³-hybridized carbons (Fsp3) is 0.267. The molecule has 1 aromatic carbocycles. The number of benzene rings is 1. The highest BCUT2D eigenvalue weighted by Gasteiger charge is 2.11. The van der Waals surface area contributed by atoms with Crippen LogP contribution in [0.25, 0.3) is 0 Å². The largest absolute Gasteiger partial charge is 0.321 e. The Hall–Kier alpha value is -1.86. The number of anilines is 2. The van der Waals surface area contributed by atoms with Gasteiger partial charge in [0.15, 0.2) is 0 Å². The van der Waals surface area contributed by atoms with Crippen molar-refractivity contribution in [2.75, 3.05) is 15.8 Å². The van der Waals surface area contributed by atoms with E-state index in [1.807, 2.05) is 25.3 Å². The molecular formula is C15H18N2O3S2. The molecule has 0 aliphatic rings. The van der Waals surface area contributed by atoms with Crippen molar-refractivity contribution >= 4 is 38.6 Å². The topological polar surface area (TPSA) is 75.3 Å². The molecule has 2 N–H and O–H groups in total. The van der Waals surface area contributed by atoms with E-state index < -0.39 is 10.0 Å². The summed E-state index contributed by atoms with van der Waals surface area (Å²) >= 11 is 1.39. The summed E-state index contributed by atoms with van der Waals surface area (Å²) < 4.78 is 25.9. The SMILES string of the molecule is CCCS(=O)(=O)Nc1ccc(NC(=O)c2sccc2C)cc1. The maximum atomic E-state index is 12.1. The van der Waals surface area contributed by atoms with Gasteiger partial charge in [-0.1, -0.05) is 6.92 Å². The third-order valence-electron chi connectivity index (χ3n) is 2.96. The van der Waals surface area contributed by atoms with Gasteiger partial charge in [-0.2, -0.15) is 0 Å². The Morgan fingerprint density at radius 2 is 1.77 bits per heavy atom. The van der Waals surface area contributed by atoms with Crippen LogP contribution in [0.15, 0.2) is 35.7 Å². The normalized spacial score (nSPS) is 11.2. The van der Waals surface area contributed by atoms with Crippen LogP contribution in [-0.4, -0.2) is 20.1 Å². The smallest absolute Gasteiger partial charge is 0.265 e. The van der Waals surface area contributed by atoms with Crippen molar-refractivity contribution < 1.29 is 13.2 Å². The molecule has 5 nitrogen and oxygen atoms in total. The molecule has 0 saturated heterocycles. The van der Waals surface area contributed by atoms with Crippen LogP contribution in [0.3, 0.4) is 0 Å². The molecule has 0 saturated carbocycles. The lowest BCUT2D eigenvalue weighted by Crippen LogP contribution is -2.16. The van der Waals surface area contributed by atoms with E-state index >= 15 is 0 Å². The van der Waals surface area contributed by atoms with Crippen LogP contribution in [0, 0.1) is 6.92 Å². The minimum absolute atomic E-state index is 0.0865. The lowest BCUT2D eigenvalue weighted by atomic mass is 10.2. The van der Waals surface area contributed by atoms with E-state index in [1.165, 1.54) is 11.3 Å². The lowest BCUT2D eigenvalue weighted by Gasteiger charge is -2.09. The van der Waals surface area contributed by atoms with E-state index in [9.17, 15) is 13.2 Å². The van der Waals surface area contributed by atoms with Gasteiger partial charge in [0, 0.05) is 11.4 Å². The molecule has 2 rings (SSSR count). The van der Waals surface area contributed by atoms with E-state index in [0.29, 0.717) is 22.7 Å². The minimum atomic E-state index is -3.30. The maximum Gasteiger partial charge on any atom is 0.265 e. The lowest BCUT2D eigenvalue weighted by molar-refractivity contribution is 0.103. The summed E-state index contributed by atoms with van der Waals surface area (Å²) in [6.45, 7) is 3.70. The molecule has 0 fully saturated rings. The van der Waals surface area contributed by atoms with Gasteiger partial charge in [-0.15, -0.1) is 11.3 Å². The zero-order valence-electron chi connectivity index (χ0n) is 12.4. The standard InChI is InChI=1S/C15H18N2O3S2/c1-3-10-22(19,20)17-13-6-4-12(5-7-13)16-15(18)14-11(2)8-9-21-14/h4-9,17H,3,10H2,1-2H3,(H,16,18). The summed E-state index contributed by atoms with van der Waals surface area (Å²) in [6.07, 6.45) is 0.559. The molecule has 0 spiro atoms. The van der Waals surface area contributed by atoms with Gasteiger partial charge in [-0.3, -0.25) is 9.52 Å². The van der Waals surface area contributed by atoms with Gasteiger partial charge >= 0.3 is 0 Å². The Bertz CT molecular complexity index is 749. The number of thiophene rings is 1. The fourth-order valence-corrected chi connectivity index (χ4v) is 3.87. The fourth-order valence-electron chi connectivity index (χ4n) is 1.91. The average Bonchev–Trinajstić information content (AvgIpc) is 2.87. The highest BCUT2D eigenvalue weighted by Crippen LogP contribution is 2.19. The van der Waals surface area contributed by atoms with Crippen molar-refractivity contribution in [3.05, 3.63) is 46.2 Å². The van der Waals surface area contributed by atoms with E-state index in [4.69, 9.17) is 0 Å². The number of amides is 1. The first-order valence-electron chi connectivity index (χ1n) is 6.87. The van der Waals surface area contributed by atoms with Gasteiger partial charge < -0.3 is 5.32 Å². The van der Waals surface area contributed by atoms with Gasteiger partial charge in [0.25, 0.3) is 5.91 Å². The molecule has 0 aliphatic carbocycles. The molecule has 7 heteroatoms. The summed E-state index contributed by atoms with van der Waals surface area (Å²) in [6, 6.07) is 8.49. The summed E-state index contributed by atoms with van der Waals surface area (Å²) in [4.78, 5) is 12.8. The highest BCUT2D eigenvalue weighted by atomic mass is 32.2. The molecule has 118 valence electrons. The van der Waals surface area contributed by atoms with Gasteiger partial charge in [-0.05, 0) is 54.6 Å². The number of carbonyl (C=O) groups excluding carboxylic acids is 1. The molecule has 0 unspecified atom stereocenters. The van der Waals surface area contributed by atoms with Crippen molar-refractivity contribution in [2.45, 2.75) is 20.3 Å². The number of sulfonamides is 1. The Kier molecular flexibility index (Phi) is 5.20. The second-order valence-corrected chi connectivity index (χ2v) is 7.64. The first-order valence-corrected chi connectivity index (χ1v) is 9.40. The predicted molar refractivity (Wildman–Crippen MR) is 91.2 cm³/mol. The molecule has 0 atom stereocenters. The van der Waals surface area contributed by atoms with Crippen LogP contribution in [0.2, 0.25) is 0 Å². The summed E-state index contributed by atoms with van der Waals surface area (Å²) in [5.41, 5.74) is 2.04. The van der Waals surface area contributed by atoms with E-state index in [-0.39, 0.29) is 11.7 Å². The molecule has 0 aliphatic heterocycles. The molecule has 0 radical (unpaired) electrons. The van der Waals surface area contributed by atoms with Crippen LogP contribution >= 0.6 is 11.3 Å². The van der Waals surface area contributed by atoms with Crippen molar-refractivity contribution in [3.63, 3.8) is 0 Å². The first kappa shape index (κ1) is 16.5. The Morgan fingerprint density at radius 3 is 2.32 bits per heavy atom. The summed E-state index contributed by atoms with van der Waals surface area (Å²) in [7, 11) is -3.30. The predicted octanol–water partition coefficient (Wildman–Crippen LogP) is 3.46. The van der Waals surface area contributed by atoms with E-state index in [2.05, 4.69) is 10.0 Å². The molecule has 1 heterocycles. The Balaban J connectivity index is 2.03. The second-order valence-electron chi connectivity index (χ2n) is 4.89. The molecule has 1 aromatic heterocycles. The Labute approximate surface area is 134 Å². The van der Waals surface area contributed by atoms with Crippen molar-refractivity contribution in [3.8, 4) is 0 Å². The number of rotatable bonds is 6. The average molecular weight is 338 g/mol. The molecular weight excluding hydrogens is 320 g/mol. The van der Waals surface area contributed by atoms with Crippen LogP contribution in [-0.2, 0) is 10.0 Å². The number of hydrogen-bond acceptors (Lipinski definition) is 4. The van der Waals surface area contributed by atoms with Crippen LogP contribution in [0.1, 0.15) is 28.6 Å². The zero-order valence-corrected chi connectivity index (χ0v) is 14.1. The summed E-state index contributed by atoms with van der Waals surface area (Å²) in [5, 5.41) is 4.67. The molecule has 1 amide bonds. The molecule has 0 bridgehead atoms.